The highest BCUT2D eigenvalue weighted by Crippen LogP contribution is 2.32. The molecule has 1 N–H and O–H groups in total. The van der Waals surface area contributed by atoms with Gasteiger partial charge in [0.25, 0.3) is 0 Å². The quantitative estimate of drug-likeness (QED) is 0.753. The van der Waals surface area contributed by atoms with Crippen LogP contribution in [0.15, 0.2) is 46.2 Å². The SMILES string of the molecule is CCOc1cc(C=C(C#N)S(=O)(=O)c2cc(Cl)ccc2Cl)ccc1O. The lowest BCUT2D eigenvalue weighted by molar-refractivity contribution is 0.318. The predicted octanol–water partition coefficient (Wildman–Crippen LogP) is 4.44. The van der Waals surface area contributed by atoms with Crippen molar-refractivity contribution in [2.75, 3.05) is 6.61 Å². The summed E-state index contributed by atoms with van der Waals surface area (Å²) in [5, 5.41) is 19.2. The van der Waals surface area contributed by atoms with Crippen LogP contribution in [0.1, 0.15) is 12.5 Å². The summed E-state index contributed by atoms with van der Waals surface area (Å²) in [5.74, 6) is 0.102. The van der Waals surface area contributed by atoms with E-state index in [4.69, 9.17) is 27.9 Å². The van der Waals surface area contributed by atoms with Gasteiger partial charge < -0.3 is 9.84 Å². The molecule has 0 fully saturated rings. The second-order valence-electron chi connectivity index (χ2n) is 4.86. The van der Waals surface area contributed by atoms with E-state index in [1.807, 2.05) is 0 Å². The van der Waals surface area contributed by atoms with Crippen LogP contribution in [0.4, 0.5) is 0 Å². The molecule has 0 aliphatic rings. The highest BCUT2D eigenvalue weighted by molar-refractivity contribution is 7.95. The highest BCUT2D eigenvalue weighted by atomic mass is 35.5. The van der Waals surface area contributed by atoms with Crippen molar-refractivity contribution >= 4 is 39.1 Å². The van der Waals surface area contributed by atoms with Crippen LogP contribution in [0, 0.1) is 11.3 Å². The van der Waals surface area contributed by atoms with Gasteiger partial charge in [-0.2, -0.15) is 5.26 Å². The third kappa shape index (κ3) is 4.26. The van der Waals surface area contributed by atoms with Crippen molar-refractivity contribution in [3.63, 3.8) is 0 Å². The number of nitrogens with zero attached hydrogens (tertiary/aromatic N) is 1. The molecule has 0 spiro atoms. The Balaban J connectivity index is 2.56. The number of allylic oxidation sites excluding steroid dienone is 1. The zero-order chi connectivity index (χ0) is 18.6. The summed E-state index contributed by atoms with van der Waals surface area (Å²) in [7, 11) is -4.16. The van der Waals surface area contributed by atoms with E-state index in [0.29, 0.717) is 12.2 Å². The number of phenolic OH excluding ortho intramolecular Hbond substituents is 1. The van der Waals surface area contributed by atoms with Gasteiger partial charge in [0.15, 0.2) is 11.5 Å². The van der Waals surface area contributed by atoms with Gasteiger partial charge >= 0.3 is 0 Å². The van der Waals surface area contributed by atoms with Gasteiger partial charge in [0.05, 0.1) is 16.5 Å². The van der Waals surface area contributed by atoms with E-state index in [1.165, 1.54) is 42.5 Å². The monoisotopic (exact) mass is 397 g/mol. The van der Waals surface area contributed by atoms with E-state index >= 15 is 0 Å². The van der Waals surface area contributed by atoms with Gasteiger partial charge in [0, 0.05) is 5.02 Å². The first-order valence-corrected chi connectivity index (χ1v) is 9.31. The molecule has 0 heterocycles. The summed E-state index contributed by atoms with van der Waals surface area (Å²) < 4.78 is 30.7. The Morgan fingerprint density at radius 1 is 1.28 bits per heavy atom. The normalized spacial score (nSPS) is 11.8. The van der Waals surface area contributed by atoms with Crippen molar-refractivity contribution < 1.29 is 18.3 Å². The lowest BCUT2D eigenvalue weighted by Gasteiger charge is -2.08. The molecule has 2 aromatic rings. The largest absolute Gasteiger partial charge is 0.504 e. The van der Waals surface area contributed by atoms with Crippen LogP contribution in [0.25, 0.3) is 6.08 Å². The van der Waals surface area contributed by atoms with E-state index in [0.717, 1.165) is 0 Å². The number of ether oxygens (including phenoxy) is 1. The molecule has 0 aliphatic carbocycles. The Kier molecular flexibility index (Phi) is 5.96. The van der Waals surface area contributed by atoms with Crippen LogP contribution in [0.3, 0.4) is 0 Å². The molecule has 0 bridgehead atoms. The average Bonchev–Trinajstić information content (AvgIpc) is 2.57. The molecular weight excluding hydrogens is 385 g/mol. The zero-order valence-electron chi connectivity index (χ0n) is 13.0. The van der Waals surface area contributed by atoms with E-state index in [2.05, 4.69) is 0 Å². The molecule has 0 unspecified atom stereocenters. The number of sulfone groups is 1. The van der Waals surface area contributed by atoms with Gasteiger partial charge in [-0.3, -0.25) is 0 Å². The van der Waals surface area contributed by atoms with Crippen molar-refractivity contribution in [1.29, 1.82) is 5.26 Å². The number of aromatic hydroxyl groups is 1. The van der Waals surface area contributed by atoms with Crippen LogP contribution in [0.2, 0.25) is 10.0 Å². The molecule has 0 radical (unpaired) electrons. The van der Waals surface area contributed by atoms with Gasteiger partial charge in [0.2, 0.25) is 9.84 Å². The Bertz CT molecular complexity index is 979. The highest BCUT2D eigenvalue weighted by Gasteiger charge is 2.24. The number of halogens is 2. The minimum atomic E-state index is -4.16. The summed E-state index contributed by atoms with van der Waals surface area (Å²) in [6, 6.07) is 9.91. The predicted molar refractivity (Wildman–Crippen MR) is 96.5 cm³/mol. The molecule has 0 amide bonds. The standard InChI is InChI=1S/C17H13Cl2NO4S/c1-2-24-16-8-11(3-6-15(16)21)7-13(10-20)25(22,23)17-9-12(18)4-5-14(17)19/h3-9,21H,2H2,1H3. The third-order valence-corrected chi connectivity index (χ3v) is 5.55. The molecule has 25 heavy (non-hydrogen) atoms. The topological polar surface area (TPSA) is 87.4 Å². The van der Waals surface area contributed by atoms with Crippen molar-refractivity contribution in [2.24, 2.45) is 0 Å². The van der Waals surface area contributed by atoms with Crippen molar-refractivity contribution in [3.8, 4) is 17.6 Å². The molecule has 0 saturated carbocycles. The molecule has 0 atom stereocenters. The first kappa shape index (κ1) is 19.1. The van der Waals surface area contributed by atoms with Crippen molar-refractivity contribution in [3.05, 3.63) is 56.9 Å². The van der Waals surface area contributed by atoms with Gasteiger partial charge in [0.1, 0.15) is 11.0 Å². The fraction of sp³-hybridized carbons (Fsp3) is 0.118. The summed E-state index contributed by atoms with van der Waals surface area (Å²) in [6.45, 7) is 2.07. The number of rotatable bonds is 5. The number of phenols is 1. The lowest BCUT2D eigenvalue weighted by atomic mass is 10.2. The number of hydrogen-bond donors (Lipinski definition) is 1. The van der Waals surface area contributed by atoms with E-state index < -0.39 is 14.7 Å². The summed E-state index contributed by atoms with van der Waals surface area (Å²) >= 11 is 11.8. The zero-order valence-corrected chi connectivity index (χ0v) is 15.4. The minimum absolute atomic E-state index is 0.0359. The molecule has 8 heteroatoms. The third-order valence-electron chi connectivity index (χ3n) is 3.16. The Morgan fingerprint density at radius 3 is 2.64 bits per heavy atom. The average molecular weight is 398 g/mol. The summed E-state index contributed by atoms with van der Waals surface area (Å²) in [5.41, 5.74) is 0.375. The van der Waals surface area contributed by atoms with Gasteiger partial charge in [-0.1, -0.05) is 29.3 Å². The Hall–Kier alpha value is -2.20. The maximum Gasteiger partial charge on any atom is 0.218 e. The van der Waals surface area contributed by atoms with E-state index in [-0.39, 0.29) is 26.4 Å². The minimum Gasteiger partial charge on any atom is -0.504 e. The molecule has 0 saturated heterocycles. The van der Waals surface area contributed by atoms with Gasteiger partial charge in [-0.15, -0.1) is 0 Å². The number of hydrogen-bond acceptors (Lipinski definition) is 5. The van der Waals surface area contributed by atoms with Crippen LogP contribution >= 0.6 is 23.2 Å². The Morgan fingerprint density at radius 2 is 2.00 bits per heavy atom. The molecule has 130 valence electrons. The Labute approximate surface area is 155 Å². The first-order valence-electron chi connectivity index (χ1n) is 7.07. The molecule has 5 nitrogen and oxygen atoms in total. The number of benzene rings is 2. The first-order chi connectivity index (χ1) is 11.8. The van der Waals surface area contributed by atoms with Crippen molar-refractivity contribution in [1.82, 2.24) is 0 Å². The molecule has 0 aromatic heterocycles. The maximum absolute atomic E-state index is 12.7. The lowest BCUT2D eigenvalue weighted by Crippen LogP contribution is -2.04. The smallest absolute Gasteiger partial charge is 0.218 e. The molecule has 0 aliphatic heterocycles. The second kappa shape index (κ2) is 7.79. The van der Waals surface area contributed by atoms with E-state index in [1.54, 1.807) is 13.0 Å². The number of nitriles is 1. The molecule has 2 aromatic carbocycles. The fourth-order valence-corrected chi connectivity index (χ4v) is 3.93. The fourth-order valence-electron chi connectivity index (χ4n) is 2.01. The summed E-state index contributed by atoms with van der Waals surface area (Å²) in [6.07, 6.45) is 1.18. The van der Waals surface area contributed by atoms with Crippen LogP contribution < -0.4 is 4.74 Å². The maximum atomic E-state index is 12.7. The van der Waals surface area contributed by atoms with Gasteiger partial charge in [-0.25, -0.2) is 8.42 Å². The van der Waals surface area contributed by atoms with Crippen LogP contribution in [0.5, 0.6) is 11.5 Å². The van der Waals surface area contributed by atoms with Gasteiger partial charge in [-0.05, 0) is 48.9 Å². The molecule has 2 rings (SSSR count). The van der Waals surface area contributed by atoms with E-state index in [9.17, 15) is 18.8 Å². The molecular formula is C17H13Cl2NO4S. The van der Waals surface area contributed by atoms with Crippen molar-refractivity contribution in [2.45, 2.75) is 11.8 Å². The van der Waals surface area contributed by atoms with Crippen LogP contribution in [-0.4, -0.2) is 20.1 Å². The summed E-state index contributed by atoms with van der Waals surface area (Å²) in [4.78, 5) is -0.761. The second-order valence-corrected chi connectivity index (χ2v) is 7.59. The van der Waals surface area contributed by atoms with Crippen LogP contribution in [-0.2, 0) is 9.84 Å².